The molecule has 0 bridgehead atoms. The first-order valence-corrected chi connectivity index (χ1v) is 8.63. The smallest absolute Gasteiger partial charge is 0.320 e. The van der Waals surface area contributed by atoms with Crippen LogP contribution in [0.2, 0.25) is 5.02 Å². The van der Waals surface area contributed by atoms with Gasteiger partial charge in [0, 0.05) is 43.6 Å². The van der Waals surface area contributed by atoms with E-state index in [1.54, 1.807) is 31.0 Å². The average Bonchev–Trinajstić information content (AvgIpc) is 2.90. The maximum atomic E-state index is 13.2. The Morgan fingerprint density at radius 3 is 2.77 bits per heavy atom. The van der Waals surface area contributed by atoms with Crippen LogP contribution in [0.1, 0.15) is 25.1 Å². The van der Waals surface area contributed by atoms with Crippen molar-refractivity contribution in [1.29, 1.82) is 0 Å². The Kier molecular flexibility index (Phi) is 6.61. The molecule has 2 amide bonds. The molecule has 8 heteroatoms. The quantitative estimate of drug-likeness (QED) is 0.770. The Hall–Kier alpha value is -2.12. The third kappa shape index (κ3) is 5.19. The highest BCUT2D eigenvalue weighted by molar-refractivity contribution is 6.31. The maximum Gasteiger partial charge on any atom is 0.320 e. The second kappa shape index (κ2) is 8.51. The highest BCUT2D eigenvalue weighted by atomic mass is 35.5. The Morgan fingerprint density at radius 1 is 1.38 bits per heavy atom. The largest absolute Gasteiger partial charge is 0.384 e. The van der Waals surface area contributed by atoms with Crippen molar-refractivity contribution in [1.82, 2.24) is 15.1 Å². The number of nitrogens with zero attached hydrogens (tertiary/aromatic N) is 2. The Bertz CT molecular complexity index is 777. The monoisotopic (exact) mass is 382 g/mol. The fourth-order valence-electron chi connectivity index (χ4n) is 2.57. The summed E-state index contributed by atoms with van der Waals surface area (Å²) >= 11 is 6.13. The number of aromatic nitrogens is 2. The molecule has 0 unspecified atom stereocenters. The number of rotatable bonds is 7. The summed E-state index contributed by atoms with van der Waals surface area (Å²) in [7, 11) is 3.39. The molecule has 0 saturated carbocycles. The van der Waals surface area contributed by atoms with E-state index in [0.29, 0.717) is 30.4 Å². The molecule has 26 heavy (non-hydrogen) atoms. The molecule has 0 fully saturated rings. The second-order valence-electron chi connectivity index (χ2n) is 6.70. The van der Waals surface area contributed by atoms with E-state index >= 15 is 0 Å². The standard InChI is InChI=1S/C18H24ClFN4O2/c1-18(2,14-6-5-12(20)9-15(14)19)11-21-17(25)22-16-10-13(7-8-26-4)23-24(16)3/h5-6,9-10H,7-8,11H2,1-4H3,(H2,21,22,25). The molecule has 2 aromatic rings. The van der Waals surface area contributed by atoms with Crippen LogP contribution in [0.5, 0.6) is 0 Å². The van der Waals surface area contributed by atoms with E-state index in [0.717, 1.165) is 11.3 Å². The molecule has 0 saturated heterocycles. The molecular formula is C18H24ClFN4O2. The second-order valence-corrected chi connectivity index (χ2v) is 7.11. The summed E-state index contributed by atoms with van der Waals surface area (Å²) in [4.78, 5) is 12.2. The number of ether oxygens (including phenoxy) is 1. The highest BCUT2D eigenvalue weighted by Crippen LogP contribution is 2.29. The minimum atomic E-state index is -0.460. The number of amides is 2. The van der Waals surface area contributed by atoms with Gasteiger partial charge in [-0.15, -0.1) is 0 Å². The van der Waals surface area contributed by atoms with Gasteiger partial charge in [0.2, 0.25) is 0 Å². The van der Waals surface area contributed by atoms with Gasteiger partial charge in [-0.05, 0) is 17.7 Å². The van der Waals surface area contributed by atoms with Crippen LogP contribution in [0, 0.1) is 5.82 Å². The van der Waals surface area contributed by atoms with Crippen LogP contribution in [0.15, 0.2) is 24.3 Å². The topological polar surface area (TPSA) is 68.2 Å². The summed E-state index contributed by atoms with van der Waals surface area (Å²) in [6.07, 6.45) is 0.670. The fraction of sp³-hybridized carbons (Fsp3) is 0.444. The summed E-state index contributed by atoms with van der Waals surface area (Å²) in [5, 5.41) is 10.3. The van der Waals surface area contributed by atoms with Gasteiger partial charge in [-0.2, -0.15) is 5.10 Å². The molecule has 1 heterocycles. The van der Waals surface area contributed by atoms with Crippen LogP contribution in [-0.2, 0) is 23.6 Å². The summed E-state index contributed by atoms with van der Waals surface area (Å²) in [6, 6.07) is 5.73. The molecule has 0 aliphatic heterocycles. The Labute approximate surface area is 157 Å². The lowest BCUT2D eigenvalue weighted by Gasteiger charge is -2.26. The number of benzene rings is 1. The van der Waals surface area contributed by atoms with Crippen molar-refractivity contribution in [2.24, 2.45) is 7.05 Å². The van der Waals surface area contributed by atoms with Gasteiger partial charge < -0.3 is 10.1 Å². The third-order valence-corrected chi connectivity index (χ3v) is 4.40. The Morgan fingerprint density at radius 2 is 2.12 bits per heavy atom. The number of carbonyl (C=O) groups is 1. The van der Waals surface area contributed by atoms with Crippen molar-refractivity contribution in [2.75, 3.05) is 25.6 Å². The Balaban J connectivity index is 1.96. The van der Waals surface area contributed by atoms with Crippen molar-refractivity contribution < 1.29 is 13.9 Å². The van der Waals surface area contributed by atoms with Crippen LogP contribution in [0.25, 0.3) is 0 Å². The fourth-order valence-corrected chi connectivity index (χ4v) is 2.99. The SMILES string of the molecule is COCCc1cc(NC(=O)NCC(C)(C)c2ccc(F)cc2Cl)n(C)n1. The predicted molar refractivity (Wildman–Crippen MR) is 100 cm³/mol. The number of hydrogen-bond donors (Lipinski definition) is 2. The lowest BCUT2D eigenvalue weighted by Crippen LogP contribution is -2.39. The molecule has 6 nitrogen and oxygen atoms in total. The predicted octanol–water partition coefficient (Wildman–Crippen LogP) is 3.50. The van der Waals surface area contributed by atoms with Crippen molar-refractivity contribution in [3.63, 3.8) is 0 Å². The number of carbonyl (C=O) groups excluding carboxylic acids is 1. The number of aryl methyl sites for hydroxylation is 1. The van der Waals surface area contributed by atoms with Gasteiger partial charge in [0.15, 0.2) is 0 Å². The number of halogens is 2. The first-order valence-electron chi connectivity index (χ1n) is 8.25. The molecule has 1 aromatic carbocycles. The van der Waals surface area contributed by atoms with E-state index < -0.39 is 5.41 Å². The summed E-state index contributed by atoms with van der Waals surface area (Å²) in [5.41, 5.74) is 1.14. The van der Waals surface area contributed by atoms with Gasteiger partial charge in [-0.25, -0.2) is 9.18 Å². The number of methoxy groups -OCH3 is 1. The van der Waals surface area contributed by atoms with Crippen molar-refractivity contribution in [3.05, 3.63) is 46.4 Å². The van der Waals surface area contributed by atoms with Crippen LogP contribution in [-0.4, -0.2) is 36.1 Å². The van der Waals surface area contributed by atoms with E-state index in [2.05, 4.69) is 15.7 Å². The van der Waals surface area contributed by atoms with Gasteiger partial charge >= 0.3 is 6.03 Å². The van der Waals surface area contributed by atoms with Gasteiger partial charge in [0.25, 0.3) is 0 Å². The van der Waals surface area contributed by atoms with Crippen LogP contribution >= 0.6 is 11.6 Å². The zero-order chi connectivity index (χ0) is 19.3. The zero-order valence-electron chi connectivity index (χ0n) is 15.4. The van der Waals surface area contributed by atoms with Crippen LogP contribution in [0.4, 0.5) is 15.0 Å². The van der Waals surface area contributed by atoms with Crippen LogP contribution < -0.4 is 10.6 Å². The van der Waals surface area contributed by atoms with Gasteiger partial charge in [-0.1, -0.05) is 31.5 Å². The molecule has 1 aromatic heterocycles. The van der Waals surface area contributed by atoms with E-state index in [1.165, 1.54) is 12.1 Å². The third-order valence-electron chi connectivity index (χ3n) is 4.09. The van der Waals surface area contributed by atoms with Gasteiger partial charge in [0.1, 0.15) is 11.6 Å². The first kappa shape index (κ1) is 20.2. The maximum absolute atomic E-state index is 13.2. The number of nitrogens with one attached hydrogen (secondary N) is 2. The summed E-state index contributed by atoms with van der Waals surface area (Å²) < 4.78 is 19.9. The van der Waals surface area contributed by atoms with Crippen molar-refractivity contribution >= 4 is 23.4 Å². The lowest BCUT2D eigenvalue weighted by atomic mass is 9.84. The first-order chi connectivity index (χ1) is 12.2. The summed E-state index contributed by atoms with van der Waals surface area (Å²) in [6.45, 7) is 4.76. The number of hydrogen-bond acceptors (Lipinski definition) is 3. The minimum Gasteiger partial charge on any atom is -0.384 e. The highest BCUT2D eigenvalue weighted by Gasteiger charge is 2.24. The van der Waals surface area contributed by atoms with E-state index in [9.17, 15) is 9.18 Å². The molecule has 0 atom stereocenters. The molecule has 0 aliphatic carbocycles. The van der Waals surface area contributed by atoms with Crippen molar-refractivity contribution in [3.8, 4) is 0 Å². The van der Waals surface area contributed by atoms with E-state index in [1.807, 2.05) is 13.8 Å². The zero-order valence-corrected chi connectivity index (χ0v) is 16.2. The molecular weight excluding hydrogens is 359 g/mol. The molecule has 0 aliphatic rings. The number of anilines is 1. The normalized spacial score (nSPS) is 11.5. The molecule has 2 rings (SSSR count). The van der Waals surface area contributed by atoms with E-state index in [-0.39, 0.29) is 11.8 Å². The van der Waals surface area contributed by atoms with Gasteiger partial charge in [-0.3, -0.25) is 10.00 Å². The lowest BCUT2D eigenvalue weighted by molar-refractivity contribution is 0.201. The van der Waals surface area contributed by atoms with Gasteiger partial charge in [0.05, 0.1) is 12.3 Å². The average molecular weight is 383 g/mol. The van der Waals surface area contributed by atoms with E-state index in [4.69, 9.17) is 16.3 Å². The molecule has 0 spiro atoms. The number of urea groups is 1. The molecule has 142 valence electrons. The van der Waals surface area contributed by atoms with Crippen molar-refractivity contribution in [2.45, 2.75) is 25.7 Å². The molecule has 2 N–H and O–H groups in total. The minimum absolute atomic E-state index is 0.332. The molecule has 0 radical (unpaired) electrons. The van der Waals surface area contributed by atoms with Crippen LogP contribution in [0.3, 0.4) is 0 Å². The summed E-state index contributed by atoms with van der Waals surface area (Å²) in [5.74, 6) is 0.201.